The Morgan fingerprint density at radius 1 is 1.56 bits per heavy atom. The summed E-state index contributed by atoms with van der Waals surface area (Å²) >= 11 is 0. The molecular weight excluding hydrogens is 204 g/mol. The molecule has 1 aromatic carbocycles. The van der Waals surface area contributed by atoms with Gasteiger partial charge in [0.25, 0.3) is 0 Å². The summed E-state index contributed by atoms with van der Waals surface area (Å²) in [6.07, 6.45) is 2.95. The number of nitrogens with one attached hydrogen (secondary N) is 1. The molecule has 0 bridgehead atoms. The van der Waals surface area contributed by atoms with Gasteiger partial charge in [-0.15, -0.1) is 0 Å². The molecule has 0 heterocycles. The van der Waals surface area contributed by atoms with Gasteiger partial charge in [-0.3, -0.25) is 4.79 Å². The quantitative estimate of drug-likeness (QED) is 0.763. The van der Waals surface area contributed by atoms with Gasteiger partial charge in [0, 0.05) is 18.2 Å². The molecule has 0 spiro atoms. The molecule has 1 fully saturated rings. The van der Waals surface area contributed by atoms with Crippen LogP contribution in [0.3, 0.4) is 0 Å². The van der Waals surface area contributed by atoms with Crippen LogP contribution in [-0.4, -0.2) is 13.0 Å². The first kappa shape index (κ1) is 10.8. The maximum atomic E-state index is 11.6. The summed E-state index contributed by atoms with van der Waals surface area (Å²) in [7, 11) is 1.56. The van der Waals surface area contributed by atoms with E-state index in [2.05, 4.69) is 5.32 Å². The maximum Gasteiger partial charge on any atom is 0.224 e. The molecule has 4 heteroatoms. The van der Waals surface area contributed by atoms with Gasteiger partial charge in [-0.25, -0.2) is 0 Å². The molecule has 16 heavy (non-hydrogen) atoms. The average molecular weight is 220 g/mol. The van der Waals surface area contributed by atoms with Crippen LogP contribution in [0, 0.1) is 5.92 Å². The van der Waals surface area contributed by atoms with E-state index >= 15 is 0 Å². The zero-order valence-electron chi connectivity index (χ0n) is 9.32. The molecular formula is C12H16N2O2. The molecule has 0 unspecified atom stereocenters. The molecule has 2 rings (SSSR count). The lowest BCUT2D eigenvalue weighted by Gasteiger charge is -2.10. The predicted octanol–water partition coefficient (Wildman–Crippen LogP) is 2.02. The first-order valence-corrected chi connectivity index (χ1v) is 5.42. The second kappa shape index (κ2) is 4.43. The highest BCUT2D eigenvalue weighted by atomic mass is 16.5. The zero-order valence-corrected chi connectivity index (χ0v) is 9.32. The van der Waals surface area contributed by atoms with Gasteiger partial charge in [0.2, 0.25) is 5.91 Å². The van der Waals surface area contributed by atoms with E-state index < -0.39 is 0 Å². The fourth-order valence-electron chi connectivity index (χ4n) is 1.60. The third-order valence-electron chi connectivity index (χ3n) is 2.67. The largest absolute Gasteiger partial charge is 0.494 e. The Morgan fingerprint density at radius 3 is 2.94 bits per heavy atom. The third kappa shape index (κ3) is 2.66. The van der Waals surface area contributed by atoms with E-state index in [4.69, 9.17) is 10.5 Å². The van der Waals surface area contributed by atoms with Crippen molar-refractivity contribution in [1.82, 2.24) is 0 Å². The molecule has 0 saturated heterocycles. The van der Waals surface area contributed by atoms with Gasteiger partial charge >= 0.3 is 0 Å². The molecule has 1 aliphatic rings. The summed E-state index contributed by atoms with van der Waals surface area (Å²) in [6, 6.07) is 5.21. The van der Waals surface area contributed by atoms with E-state index in [-0.39, 0.29) is 5.91 Å². The smallest absolute Gasteiger partial charge is 0.224 e. The number of nitrogen functional groups attached to an aromatic ring is 1. The molecule has 0 aromatic heterocycles. The first-order valence-electron chi connectivity index (χ1n) is 5.42. The van der Waals surface area contributed by atoms with E-state index in [9.17, 15) is 4.79 Å². The van der Waals surface area contributed by atoms with Crippen molar-refractivity contribution in [2.45, 2.75) is 19.3 Å². The average Bonchev–Trinajstić information content (AvgIpc) is 3.04. The second-order valence-electron chi connectivity index (χ2n) is 4.16. The lowest BCUT2D eigenvalue weighted by molar-refractivity contribution is -0.116. The van der Waals surface area contributed by atoms with Gasteiger partial charge < -0.3 is 15.8 Å². The summed E-state index contributed by atoms with van der Waals surface area (Å²) in [6.45, 7) is 0. The minimum atomic E-state index is 0.0468. The normalized spacial score (nSPS) is 14.6. The molecule has 3 N–H and O–H groups in total. The number of amides is 1. The monoisotopic (exact) mass is 220 g/mol. The van der Waals surface area contributed by atoms with Crippen LogP contribution in [0.4, 0.5) is 11.4 Å². The Hall–Kier alpha value is -1.71. The first-order chi connectivity index (χ1) is 7.69. The number of benzene rings is 1. The van der Waals surface area contributed by atoms with Crippen molar-refractivity contribution in [2.24, 2.45) is 5.92 Å². The van der Waals surface area contributed by atoms with Crippen molar-refractivity contribution >= 4 is 17.3 Å². The summed E-state index contributed by atoms with van der Waals surface area (Å²) in [5.74, 6) is 1.23. The molecule has 0 atom stereocenters. The number of hydrogen-bond donors (Lipinski definition) is 2. The fourth-order valence-corrected chi connectivity index (χ4v) is 1.60. The van der Waals surface area contributed by atoms with Crippen LogP contribution in [0.1, 0.15) is 19.3 Å². The second-order valence-corrected chi connectivity index (χ2v) is 4.16. The lowest BCUT2D eigenvalue weighted by Crippen LogP contribution is -2.12. The van der Waals surface area contributed by atoms with Crippen molar-refractivity contribution in [2.75, 3.05) is 18.2 Å². The highest BCUT2D eigenvalue weighted by molar-refractivity contribution is 5.92. The SMILES string of the molecule is COc1cc(N)ccc1NC(=O)CC1CC1. The summed E-state index contributed by atoms with van der Waals surface area (Å²) < 4.78 is 5.15. The number of rotatable bonds is 4. The molecule has 0 radical (unpaired) electrons. The number of anilines is 2. The minimum Gasteiger partial charge on any atom is -0.494 e. The van der Waals surface area contributed by atoms with E-state index in [0.717, 1.165) is 0 Å². The lowest BCUT2D eigenvalue weighted by atomic mass is 10.2. The van der Waals surface area contributed by atoms with Gasteiger partial charge in [-0.2, -0.15) is 0 Å². The topological polar surface area (TPSA) is 64.3 Å². The molecule has 1 amide bonds. The minimum absolute atomic E-state index is 0.0468. The number of ether oxygens (including phenoxy) is 1. The molecule has 0 aliphatic heterocycles. The standard InChI is InChI=1S/C12H16N2O2/c1-16-11-7-9(13)4-5-10(11)14-12(15)6-8-2-3-8/h4-5,7-8H,2-3,6,13H2,1H3,(H,14,15). The fraction of sp³-hybridized carbons (Fsp3) is 0.417. The third-order valence-corrected chi connectivity index (χ3v) is 2.67. The van der Waals surface area contributed by atoms with Crippen LogP contribution >= 0.6 is 0 Å². The molecule has 86 valence electrons. The molecule has 4 nitrogen and oxygen atoms in total. The van der Waals surface area contributed by atoms with Crippen LogP contribution in [0.2, 0.25) is 0 Å². The van der Waals surface area contributed by atoms with E-state index in [1.807, 2.05) is 0 Å². The predicted molar refractivity (Wildman–Crippen MR) is 63.4 cm³/mol. The van der Waals surface area contributed by atoms with Crippen LogP contribution < -0.4 is 15.8 Å². The van der Waals surface area contributed by atoms with Crippen molar-refractivity contribution in [1.29, 1.82) is 0 Å². The van der Waals surface area contributed by atoms with Crippen molar-refractivity contribution in [3.05, 3.63) is 18.2 Å². The summed E-state index contributed by atoms with van der Waals surface area (Å²) in [5.41, 5.74) is 6.94. The van der Waals surface area contributed by atoms with E-state index in [0.29, 0.717) is 29.5 Å². The Kier molecular flexibility index (Phi) is 2.99. The molecule has 1 aliphatic carbocycles. The van der Waals surface area contributed by atoms with Crippen LogP contribution in [0.25, 0.3) is 0 Å². The van der Waals surface area contributed by atoms with Gasteiger partial charge in [0.15, 0.2) is 0 Å². The van der Waals surface area contributed by atoms with Gasteiger partial charge in [-0.05, 0) is 30.9 Å². The maximum absolute atomic E-state index is 11.6. The van der Waals surface area contributed by atoms with Crippen molar-refractivity contribution in [3.8, 4) is 5.75 Å². The Bertz CT molecular complexity index is 400. The molecule has 1 saturated carbocycles. The van der Waals surface area contributed by atoms with Gasteiger partial charge in [0.05, 0.1) is 12.8 Å². The number of methoxy groups -OCH3 is 1. The van der Waals surface area contributed by atoms with Crippen LogP contribution in [0.15, 0.2) is 18.2 Å². The van der Waals surface area contributed by atoms with E-state index in [1.165, 1.54) is 12.8 Å². The highest BCUT2D eigenvalue weighted by Gasteiger charge is 2.24. The molecule has 1 aromatic rings. The van der Waals surface area contributed by atoms with Gasteiger partial charge in [-0.1, -0.05) is 0 Å². The number of carbonyl (C=O) groups excluding carboxylic acids is 1. The number of nitrogens with two attached hydrogens (primary N) is 1. The number of hydrogen-bond acceptors (Lipinski definition) is 3. The number of carbonyl (C=O) groups is 1. The Labute approximate surface area is 94.8 Å². The van der Waals surface area contributed by atoms with E-state index in [1.54, 1.807) is 25.3 Å². The van der Waals surface area contributed by atoms with Crippen LogP contribution in [0.5, 0.6) is 5.75 Å². The Balaban J connectivity index is 2.04. The summed E-state index contributed by atoms with van der Waals surface area (Å²) in [5, 5.41) is 2.84. The Morgan fingerprint density at radius 2 is 2.31 bits per heavy atom. The van der Waals surface area contributed by atoms with Crippen LogP contribution in [-0.2, 0) is 4.79 Å². The summed E-state index contributed by atoms with van der Waals surface area (Å²) in [4.78, 5) is 11.6. The van der Waals surface area contributed by atoms with Crippen molar-refractivity contribution < 1.29 is 9.53 Å². The highest BCUT2D eigenvalue weighted by Crippen LogP contribution is 2.33. The van der Waals surface area contributed by atoms with Gasteiger partial charge in [0.1, 0.15) is 5.75 Å². The zero-order chi connectivity index (χ0) is 11.5. The van der Waals surface area contributed by atoms with Crippen molar-refractivity contribution in [3.63, 3.8) is 0 Å².